The van der Waals surface area contributed by atoms with Gasteiger partial charge in [-0.3, -0.25) is 4.79 Å². The van der Waals surface area contributed by atoms with Crippen LogP contribution in [0.3, 0.4) is 0 Å². The standard InChI is InChI=1S/C19H22ClN5O2/c20-12-23-15-10-21-19(22-11-15)24-17-4-3-14(9-16(17)13-1-2-13)18(26)25-5-7-27-8-6-25/h3-4,9-11,13,23H,1-2,5-8,12H2,(H,21,22,24). The molecule has 1 saturated carbocycles. The number of halogens is 1. The third-order valence-electron chi connectivity index (χ3n) is 4.78. The van der Waals surface area contributed by atoms with E-state index in [1.807, 2.05) is 23.1 Å². The largest absolute Gasteiger partial charge is 0.378 e. The lowest BCUT2D eigenvalue weighted by molar-refractivity contribution is 0.0303. The SMILES string of the molecule is O=C(c1ccc(Nc2ncc(NCCl)cn2)c(C2CC2)c1)N1CCOCC1. The van der Waals surface area contributed by atoms with Gasteiger partial charge in [-0.1, -0.05) is 0 Å². The summed E-state index contributed by atoms with van der Waals surface area (Å²) in [6.45, 7) is 2.50. The summed E-state index contributed by atoms with van der Waals surface area (Å²) in [5, 5.41) is 6.23. The van der Waals surface area contributed by atoms with Gasteiger partial charge in [0.2, 0.25) is 5.95 Å². The van der Waals surface area contributed by atoms with Gasteiger partial charge in [0, 0.05) is 24.3 Å². The van der Waals surface area contributed by atoms with Crippen molar-refractivity contribution in [2.75, 3.05) is 42.9 Å². The number of nitrogens with one attached hydrogen (secondary N) is 2. The lowest BCUT2D eigenvalue weighted by Crippen LogP contribution is -2.40. The third kappa shape index (κ3) is 4.31. The van der Waals surface area contributed by atoms with Crippen molar-refractivity contribution in [2.45, 2.75) is 18.8 Å². The quantitative estimate of drug-likeness (QED) is 0.585. The van der Waals surface area contributed by atoms with E-state index in [1.54, 1.807) is 12.4 Å². The molecular weight excluding hydrogens is 366 g/mol. The van der Waals surface area contributed by atoms with Gasteiger partial charge >= 0.3 is 0 Å². The smallest absolute Gasteiger partial charge is 0.254 e. The monoisotopic (exact) mass is 387 g/mol. The highest BCUT2D eigenvalue weighted by Gasteiger charge is 2.28. The van der Waals surface area contributed by atoms with Crippen molar-refractivity contribution in [3.8, 4) is 0 Å². The minimum absolute atomic E-state index is 0.0690. The molecule has 0 atom stereocenters. The first kappa shape index (κ1) is 18.0. The number of morpholine rings is 1. The van der Waals surface area contributed by atoms with E-state index in [0.29, 0.717) is 44.2 Å². The normalized spacial score (nSPS) is 16.9. The van der Waals surface area contributed by atoms with Crippen LogP contribution >= 0.6 is 11.6 Å². The number of rotatable bonds is 6. The number of alkyl halides is 1. The van der Waals surface area contributed by atoms with Gasteiger partial charge in [-0.25, -0.2) is 9.97 Å². The Balaban J connectivity index is 1.53. The molecule has 142 valence electrons. The number of aromatic nitrogens is 2. The van der Waals surface area contributed by atoms with E-state index < -0.39 is 0 Å². The maximum Gasteiger partial charge on any atom is 0.254 e. The number of hydrogen-bond donors (Lipinski definition) is 2. The first-order valence-electron chi connectivity index (χ1n) is 9.14. The second-order valence-corrected chi connectivity index (χ2v) is 6.98. The molecule has 1 aromatic heterocycles. The summed E-state index contributed by atoms with van der Waals surface area (Å²) in [4.78, 5) is 23.3. The Labute approximate surface area is 163 Å². The number of carbonyl (C=O) groups is 1. The van der Waals surface area contributed by atoms with Gasteiger partial charge < -0.3 is 20.3 Å². The van der Waals surface area contributed by atoms with Crippen molar-refractivity contribution in [1.29, 1.82) is 0 Å². The van der Waals surface area contributed by atoms with Gasteiger partial charge in [0.1, 0.15) is 0 Å². The van der Waals surface area contributed by atoms with Gasteiger partial charge in [-0.2, -0.15) is 0 Å². The highest BCUT2D eigenvalue weighted by molar-refractivity contribution is 6.18. The van der Waals surface area contributed by atoms with Crippen molar-refractivity contribution in [3.05, 3.63) is 41.7 Å². The lowest BCUT2D eigenvalue weighted by Gasteiger charge is -2.27. The molecule has 0 bridgehead atoms. The number of anilines is 3. The molecule has 1 saturated heterocycles. The summed E-state index contributed by atoms with van der Waals surface area (Å²) in [7, 11) is 0. The van der Waals surface area contributed by atoms with Crippen LogP contribution < -0.4 is 10.6 Å². The van der Waals surface area contributed by atoms with Crippen LogP contribution in [0.4, 0.5) is 17.3 Å². The zero-order chi connectivity index (χ0) is 18.6. The summed E-state index contributed by atoms with van der Waals surface area (Å²) in [6.07, 6.45) is 5.66. The van der Waals surface area contributed by atoms with E-state index in [4.69, 9.17) is 16.3 Å². The second-order valence-electron chi connectivity index (χ2n) is 6.71. The van der Waals surface area contributed by atoms with E-state index in [-0.39, 0.29) is 5.91 Å². The fourth-order valence-corrected chi connectivity index (χ4v) is 3.33. The van der Waals surface area contributed by atoms with Crippen LogP contribution in [0.5, 0.6) is 0 Å². The molecule has 27 heavy (non-hydrogen) atoms. The van der Waals surface area contributed by atoms with Crippen molar-refractivity contribution >= 4 is 34.8 Å². The summed E-state index contributed by atoms with van der Waals surface area (Å²) in [6, 6.07) is 6.15. The zero-order valence-corrected chi connectivity index (χ0v) is 15.7. The van der Waals surface area contributed by atoms with Gasteiger partial charge in [-0.05, 0) is 42.5 Å². The molecule has 1 aliphatic heterocycles. The van der Waals surface area contributed by atoms with Crippen LogP contribution in [0.15, 0.2) is 30.6 Å². The highest BCUT2D eigenvalue weighted by atomic mass is 35.5. The number of benzene rings is 1. The molecule has 4 rings (SSSR count). The number of amides is 1. The van der Waals surface area contributed by atoms with Crippen molar-refractivity contribution < 1.29 is 9.53 Å². The van der Waals surface area contributed by atoms with E-state index in [0.717, 1.165) is 35.3 Å². The Hall–Kier alpha value is -2.38. The highest BCUT2D eigenvalue weighted by Crippen LogP contribution is 2.44. The van der Waals surface area contributed by atoms with E-state index in [9.17, 15) is 4.79 Å². The van der Waals surface area contributed by atoms with Crippen molar-refractivity contribution in [3.63, 3.8) is 0 Å². The Morgan fingerprint density at radius 1 is 1.22 bits per heavy atom. The lowest BCUT2D eigenvalue weighted by atomic mass is 10.0. The van der Waals surface area contributed by atoms with E-state index >= 15 is 0 Å². The molecule has 2 N–H and O–H groups in total. The van der Waals surface area contributed by atoms with Crippen LogP contribution in [-0.4, -0.2) is 53.1 Å². The van der Waals surface area contributed by atoms with Crippen LogP contribution in [-0.2, 0) is 4.74 Å². The first-order valence-corrected chi connectivity index (χ1v) is 9.68. The maximum atomic E-state index is 12.8. The van der Waals surface area contributed by atoms with Crippen molar-refractivity contribution in [2.24, 2.45) is 0 Å². The molecule has 2 aliphatic rings. The minimum atomic E-state index is 0.0690. The first-order chi connectivity index (χ1) is 13.2. The summed E-state index contributed by atoms with van der Waals surface area (Å²) in [5.74, 6) is 1.07. The van der Waals surface area contributed by atoms with Gasteiger partial charge in [-0.15, -0.1) is 11.6 Å². The predicted molar refractivity (Wildman–Crippen MR) is 105 cm³/mol. The number of nitrogens with zero attached hydrogens (tertiary/aromatic N) is 3. The predicted octanol–water partition coefficient (Wildman–Crippen LogP) is 3.18. The molecule has 8 heteroatoms. The average Bonchev–Trinajstić information content (AvgIpc) is 3.55. The Bertz CT molecular complexity index is 804. The molecular formula is C19H22ClN5O2. The molecule has 1 amide bonds. The summed E-state index contributed by atoms with van der Waals surface area (Å²) in [5.41, 5.74) is 3.60. The molecule has 2 heterocycles. The Kier molecular flexibility index (Phi) is 5.40. The van der Waals surface area contributed by atoms with E-state index in [1.165, 1.54) is 0 Å². The summed E-state index contributed by atoms with van der Waals surface area (Å²) >= 11 is 5.64. The number of ether oxygens (including phenoxy) is 1. The molecule has 0 spiro atoms. The van der Waals surface area contributed by atoms with Crippen molar-refractivity contribution in [1.82, 2.24) is 14.9 Å². The maximum absolute atomic E-state index is 12.8. The van der Waals surface area contributed by atoms with Gasteiger partial charge in [0.05, 0.1) is 37.3 Å². The minimum Gasteiger partial charge on any atom is -0.378 e. The average molecular weight is 388 g/mol. The molecule has 2 aromatic rings. The summed E-state index contributed by atoms with van der Waals surface area (Å²) < 4.78 is 5.34. The number of hydrogen-bond acceptors (Lipinski definition) is 6. The zero-order valence-electron chi connectivity index (χ0n) is 14.9. The molecule has 0 unspecified atom stereocenters. The fraction of sp³-hybridized carbons (Fsp3) is 0.421. The Morgan fingerprint density at radius 2 is 1.96 bits per heavy atom. The molecule has 1 aliphatic carbocycles. The van der Waals surface area contributed by atoms with Crippen LogP contribution in [0.25, 0.3) is 0 Å². The number of carbonyl (C=O) groups excluding carboxylic acids is 1. The van der Waals surface area contributed by atoms with E-state index in [2.05, 4.69) is 20.6 Å². The topological polar surface area (TPSA) is 79.4 Å². The molecule has 7 nitrogen and oxygen atoms in total. The van der Waals surface area contributed by atoms with Crippen LogP contribution in [0.2, 0.25) is 0 Å². The van der Waals surface area contributed by atoms with Crippen LogP contribution in [0, 0.1) is 0 Å². The third-order valence-corrected chi connectivity index (χ3v) is 4.92. The fourth-order valence-electron chi connectivity index (χ4n) is 3.17. The molecule has 2 fully saturated rings. The second kappa shape index (κ2) is 8.10. The molecule has 0 radical (unpaired) electrons. The van der Waals surface area contributed by atoms with Crippen LogP contribution in [0.1, 0.15) is 34.7 Å². The van der Waals surface area contributed by atoms with Gasteiger partial charge in [0.25, 0.3) is 5.91 Å². The Morgan fingerprint density at radius 3 is 2.63 bits per heavy atom. The van der Waals surface area contributed by atoms with Gasteiger partial charge in [0.15, 0.2) is 0 Å². The molecule has 1 aromatic carbocycles.